The molecule has 1 amide bonds. The van der Waals surface area contributed by atoms with E-state index in [0.29, 0.717) is 19.0 Å². The quantitative estimate of drug-likeness (QED) is 0.341. The average molecular weight is 541 g/mol. The summed E-state index contributed by atoms with van der Waals surface area (Å²) in [4.78, 5) is 18.5. The minimum absolute atomic E-state index is 0. The minimum Gasteiger partial charge on any atom is -0.357 e. The molecule has 2 N–H and O–H groups in total. The van der Waals surface area contributed by atoms with Crippen LogP contribution in [0.3, 0.4) is 0 Å². The maximum absolute atomic E-state index is 13.4. The molecule has 0 aliphatic carbocycles. The number of amides is 1. The molecular formula is C18H27BrFIN4O. The van der Waals surface area contributed by atoms with E-state index in [4.69, 9.17) is 0 Å². The Labute approximate surface area is 180 Å². The standard InChI is InChI=1S/C18H26BrFN4O.HI/c1-4-21-18(22-10-13-9-14(20)5-6-16(13)19)23-15-7-8-24(11-15)17(25)12(2)3;/h5-6,9,12,15H,4,7-8,10-11H2,1-3H3,(H2,21,22,23);1H. The second kappa shape index (κ2) is 11.1. The summed E-state index contributed by atoms with van der Waals surface area (Å²) in [6, 6.07) is 4.76. The smallest absolute Gasteiger partial charge is 0.225 e. The Bertz CT molecular complexity index is 642. The first-order valence-corrected chi connectivity index (χ1v) is 9.47. The van der Waals surface area contributed by atoms with Gasteiger partial charge < -0.3 is 15.5 Å². The van der Waals surface area contributed by atoms with Gasteiger partial charge >= 0.3 is 0 Å². The van der Waals surface area contributed by atoms with Crippen molar-refractivity contribution >= 4 is 51.8 Å². The minimum atomic E-state index is -0.273. The average Bonchev–Trinajstić information content (AvgIpc) is 3.03. The van der Waals surface area contributed by atoms with E-state index in [0.717, 1.165) is 29.5 Å². The van der Waals surface area contributed by atoms with Crippen molar-refractivity contribution in [3.05, 3.63) is 34.1 Å². The van der Waals surface area contributed by atoms with Crippen molar-refractivity contribution in [2.24, 2.45) is 10.9 Å². The van der Waals surface area contributed by atoms with Crippen LogP contribution in [0.2, 0.25) is 0 Å². The van der Waals surface area contributed by atoms with Crippen molar-refractivity contribution in [3.8, 4) is 0 Å². The van der Waals surface area contributed by atoms with Crippen molar-refractivity contribution in [3.63, 3.8) is 0 Å². The van der Waals surface area contributed by atoms with E-state index in [1.807, 2.05) is 25.7 Å². The number of halogens is 3. The number of hydrogen-bond donors (Lipinski definition) is 2. The fourth-order valence-electron chi connectivity index (χ4n) is 2.79. The van der Waals surface area contributed by atoms with Crippen LogP contribution in [-0.4, -0.2) is 42.4 Å². The first-order valence-electron chi connectivity index (χ1n) is 8.68. The van der Waals surface area contributed by atoms with Gasteiger partial charge in [-0.25, -0.2) is 9.38 Å². The molecule has 1 heterocycles. The van der Waals surface area contributed by atoms with Crippen molar-refractivity contribution in [1.82, 2.24) is 15.5 Å². The Balaban J connectivity index is 0.00000338. The fourth-order valence-corrected chi connectivity index (χ4v) is 3.16. The Morgan fingerprint density at radius 3 is 2.85 bits per heavy atom. The SMILES string of the molecule is CCNC(=NCc1cc(F)ccc1Br)NC1CCN(C(=O)C(C)C)C1.I. The third-order valence-electron chi connectivity index (χ3n) is 4.09. The van der Waals surface area contributed by atoms with Crippen LogP contribution in [0.5, 0.6) is 0 Å². The number of carbonyl (C=O) groups excluding carboxylic acids is 1. The second-order valence-corrected chi connectivity index (χ2v) is 7.35. The van der Waals surface area contributed by atoms with E-state index >= 15 is 0 Å². The number of hydrogen-bond acceptors (Lipinski definition) is 2. The van der Waals surface area contributed by atoms with E-state index < -0.39 is 0 Å². The molecule has 1 aliphatic heterocycles. The summed E-state index contributed by atoms with van der Waals surface area (Å²) in [5.41, 5.74) is 0.792. The zero-order valence-corrected chi connectivity index (χ0v) is 19.3. The number of aliphatic imine (C=N–C) groups is 1. The number of benzene rings is 1. The molecule has 0 bridgehead atoms. The van der Waals surface area contributed by atoms with Gasteiger partial charge in [-0.1, -0.05) is 29.8 Å². The van der Waals surface area contributed by atoms with Crippen LogP contribution in [0.15, 0.2) is 27.7 Å². The lowest BCUT2D eigenvalue weighted by atomic mass is 10.2. The Morgan fingerprint density at radius 2 is 2.19 bits per heavy atom. The van der Waals surface area contributed by atoms with Gasteiger partial charge in [0.2, 0.25) is 5.91 Å². The van der Waals surface area contributed by atoms with Gasteiger partial charge in [0, 0.05) is 36.1 Å². The van der Waals surface area contributed by atoms with Crippen LogP contribution < -0.4 is 10.6 Å². The lowest BCUT2D eigenvalue weighted by Gasteiger charge is -2.20. The highest BCUT2D eigenvalue weighted by atomic mass is 127. The summed E-state index contributed by atoms with van der Waals surface area (Å²) in [7, 11) is 0. The highest BCUT2D eigenvalue weighted by Gasteiger charge is 2.27. The van der Waals surface area contributed by atoms with Crippen LogP contribution in [0, 0.1) is 11.7 Å². The third-order valence-corrected chi connectivity index (χ3v) is 4.87. The molecule has 5 nitrogen and oxygen atoms in total. The van der Waals surface area contributed by atoms with Crippen LogP contribution in [0.25, 0.3) is 0 Å². The molecule has 1 fully saturated rings. The highest BCUT2D eigenvalue weighted by molar-refractivity contribution is 14.0. The number of guanidine groups is 1. The first kappa shape index (κ1) is 23.1. The Kier molecular flexibility index (Phi) is 9.84. The second-order valence-electron chi connectivity index (χ2n) is 6.50. The summed E-state index contributed by atoms with van der Waals surface area (Å²) < 4.78 is 14.2. The predicted octanol–water partition coefficient (Wildman–Crippen LogP) is 3.52. The van der Waals surface area contributed by atoms with E-state index in [-0.39, 0.29) is 47.7 Å². The summed E-state index contributed by atoms with van der Waals surface area (Å²) in [6.07, 6.45) is 0.895. The number of nitrogens with one attached hydrogen (secondary N) is 2. The maximum Gasteiger partial charge on any atom is 0.225 e. The highest BCUT2D eigenvalue weighted by Crippen LogP contribution is 2.18. The summed E-state index contributed by atoms with van der Waals surface area (Å²) in [5, 5.41) is 6.59. The fraction of sp³-hybridized carbons (Fsp3) is 0.556. The summed E-state index contributed by atoms with van der Waals surface area (Å²) >= 11 is 3.42. The van der Waals surface area contributed by atoms with Gasteiger partial charge in [0.05, 0.1) is 6.54 Å². The predicted molar refractivity (Wildman–Crippen MR) is 117 cm³/mol. The first-order chi connectivity index (χ1) is 11.9. The number of carbonyl (C=O) groups is 1. The van der Waals surface area contributed by atoms with E-state index in [1.165, 1.54) is 12.1 Å². The third kappa shape index (κ3) is 6.68. The van der Waals surface area contributed by atoms with E-state index in [9.17, 15) is 9.18 Å². The molecule has 0 saturated carbocycles. The van der Waals surface area contributed by atoms with Gasteiger partial charge in [-0.05, 0) is 37.1 Å². The van der Waals surface area contributed by atoms with Crippen LogP contribution >= 0.6 is 39.9 Å². The monoisotopic (exact) mass is 540 g/mol. The lowest BCUT2D eigenvalue weighted by molar-refractivity contribution is -0.133. The lowest BCUT2D eigenvalue weighted by Crippen LogP contribution is -2.45. The van der Waals surface area contributed by atoms with Crippen molar-refractivity contribution in [1.29, 1.82) is 0 Å². The van der Waals surface area contributed by atoms with Gasteiger partial charge in [-0.2, -0.15) is 0 Å². The molecular weight excluding hydrogens is 514 g/mol. The summed E-state index contributed by atoms with van der Waals surface area (Å²) in [6.45, 7) is 8.40. The Hall–Kier alpha value is -0.900. The Morgan fingerprint density at radius 1 is 1.46 bits per heavy atom. The number of rotatable bonds is 5. The molecule has 1 atom stereocenters. The van der Waals surface area contributed by atoms with Gasteiger partial charge in [0.15, 0.2) is 5.96 Å². The maximum atomic E-state index is 13.4. The van der Waals surface area contributed by atoms with E-state index in [2.05, 4.69) is 31.6 Å². The number of nitrogens with zero attached hydrogens (tertiary/aromatic N) is 2. The molecule has 26 heavy (non-hydrogen) atoms. The molecule has 1 aromatic carbocycles. The molecule has 2 rings (SSSR count). The van der Waals surface area contributed by atoms with Crippen molar-refractivity contribution < 1.29 is 9.18 Å². The zero-order chi connectivity index (χ0) is 18.4. The molecule has 1 aromatic rings. The van der Waals surface area contributed by atoms with Gasteiger partial charge in [0.25, 0.3) is 0 Å². The largest absolute Gasteiger partial charge is 0.357 e. The molecule has 1 unspecified atom stereocenters. The van der Waals surface area contributed by atoms with Gasteiger partial charge in [-0.15, -0.1) is 24.0 Å². The molecule has 1 aliphatic rings. The molecule has 0 aromatic heterocycles. The van der Waals surface area contributed by atoms with E-state index in [1.54, 1.807) is 6.07 Å². The van der Waals surface area contributed by atoms with Gasteiger partial charge in [-0.3, -0.25) is 4.79 Å². The molecule has 1 saturated heterocycles. The van der Waals surface area contributed by atoms with Gasteiger partial charge in [0.1, 0.15) is 5.82 Å². The summed E-state index contributed by atoms with van der Waals surface area (Å²) in [5.74, 6) is 0.619. The zero-order valence-electron chi connectivity index (χ0n) is 15.4. The van der Waals surface area contributed by atoms with Crippen LogP contribution in [-0.2, 0) is 11.3 Å². The topological polar surface area (TPSA) is 56.7 Å². The van der Waals surface area contributed by atoms with Crippen LogP contribution in [0.4, 0.5) is 4.39 Å². The molecule has 8 heteroatoms. The normalized spacial score (nSPS) is 17.2. The number of likely N-dealkylation sites (tertiary alicyclic amines) is 1. The van der Waals surface area contributed by atoms with Crippen molar-refractivity contribution in [2.45, 2.75) is 39.8 Å². The molecule has 146 valence electrons. The molecule has 0 spiro atoms. The van der Waals surface area contributed by atoms with Crippen LogP contribution in [0.1, 0.15) is 32.8 Å². The molecule has 0 radical (unpaired) electrons. The van der Waals surface area contributed by atoms with Crippen molar-refractivity contribution in [2.75, 3.05) is 19.6 Å².